The van der Waals surface area contributed by atoms with E-state index < -0.39 is 16.3 Å². The predicted octanol–water partition coefficient (Wildman–Crippen LogP) is 4.25. The Hall–Kier alpha value is -2.14. The van der Waals surface area contributed by atoms with E-state index in [0.29, 0.717) is 41.8 Å². The molecule has 10 heteroatoms. The van der Waals surface area contributed by atoms with Gasteiger partial charge in [0.25, 0.3) is 5.69 Å². The highest BCUT2D eigenvalue weighted by atomic mass is 79.9. The summed E-state index contributed by atoms with van der Waals surface area (Å²) < 4.78 is 6.59. The van der Waals surface area contributed by atoms with Gasteiger partial charge in [-0.15, -0.1) is 0 Å². The van der Waals surface area contributed by atoms with Gasteiger partial charge in [0, 0.05) is 40.1 Å². The number of rotatable bonds is 3. The third kappa shape index (κ3) is 4.76. The fourth-order valence-corrected chi connectivity index (χ4v) is 6.63. The number of hydrogen-bond acceptors (Lipinski definition) is 7. The maximum atomic E-state index is 12.3. The first-order valence-corrected chi connectivity index (χ1v) is 13.3. The SMILES string of the molecule is CN1CCC2(C1)C(=O)Cc1cc(Br)ccc12.COC(=O)C1(c2ccc(Br)cc2[N+](=O)[O-])CCN(C)C1. The number of methoxy groups -OCH3 is 1. The van der Waals surface area contributed by atoms with Crippen LogP contribution in [0.1, 0.15) is 29.5 Å². The molecule has 2 fully saturated rings. The minimum Gasteiger partial charge on any atom is -0.468 e. The molecule has 2 atom stereocenters. The Kier molecular flexibility index (Phi) is 7.71. The summed E-state index contributed by atoms with van der Waals surface area (Å²) in [4.78, 5) is 39.6. The number of nitro benzene ring substituents is 1. The second-order valence-electron chi connectivity index (χ2n) is 9.95. The Morgan fingerprint density at radius 2 is 1.61 bits per heavy atom. The molecule has 192 valence electrons. The van der Waals surface area contributed by atoms with Crippen molar-refractivity contribution in [1.29, 1.82) is 0 Å². The van der Waals surface area contributed by atoms with E-state index in [4.69, 9.17) is 4.74 Å². The van der Waals surface area contributed by atoms with Crippen molar-refractivity contribution in [2.45, 2.75) is 30.1 Å². The summed E-state index contributed by atoms with van der Waals surface area (Å²) in [5.74, 6) is -0.0165. The number of hydrogen-bond donors (Lipinski definition) is 0. The van der Waals surface area contributed by atoms with Crippen LogP contribution in [0.3, 0.4) is 0 Å². The molecular formula is C26H29Br2N3O5. The van der Waals surface area contributed by atoms with Crippen molar-refractivity contribution in [2.24, 2.45) is 0 Å². The molecule has 3 aliphatic rings. The first-order valence-electron chi connectivity index (χ1n) is 11.7. The van der Waals surface area contributed by atoms with Gasteiger partial charge in [0.15, 0.2) is 0 Å². The van der Waals surface area contributed by atoms with Crippen LogP contribution < -0.4 is 0 Å². The maximum absolute atomic E-state index is 12.3. The third-order valence-corrected chi connectivity index (χ3v) is 8.62. The Morgan fingerprint density at radius 3 is 2.17 bits per heavy atom. The quantitative estimate of drug-likeness (QED) is 0.287. The lowest BCUT2D eigenvalue weighted by molar-refractivity contribution is -0.386. The molecule has 0 radical (unpaired) electrons. The smallest absolute Gasteiger partial charge is 0.317 e. The van der Waals surface area contributed by atoms with Crippen molar-refractivity contribution in [1.82, 2.24) is 9.80 Å². The number of benzene rings is 2. The molecule has 0 saturated carbocycles. The normalized spacial score (nSPS) is 25.5. The summed E-state index contributed by atoms with van der Waals surface area (Å²) in [6, 6.07) is 11.1. The van der Waals surface area contributed by atoms with E-state index in [1.165, 1.54) is 24.3 Å². The van der Waals surface area contributed by atoms with Gasteiger partial charge in [-0.2, -0.15) is 0 Å². The van der Waals surface area contributed by atoms with E-state index in [-0.39, 0.29) is 11.1 Å². The predicted molar refractivity (Wildman–Crippen MR) is 143 cm³/mol. The van der Waals surface area contributed by atoms with E-state index in [2.05, 4.69) is 62.0 Å². The summed E-state index contributed by atoms with van der Waals surface area (Å²) >= 11 is 6.70. The molecule has 0 amide bonds. The van der Waals surface area contributed by atoms with Crippen LogP contribution >= 0.6 is 31.9 Å². The van der Waals surface area contributed by atoms with Crippen molar-refractivity contribution in [3.05, 3.63) is 72.1 Å². The lowest BCUT2D eigenvalue weighted by Gasteiger charge is -2.26. The Balaban J connectivity index is 0.000000173. The number of esters is 1. The molecule has 2 heterocycles. The molecule has 0 N–H and O–H groups in total. The highest BCUT2D eigenvalue weighted by Crippen LogP contribution is 2.44. The fraction of sp³-hybridized carbons (Fsp3) is 0.462. The number of nitro groups is 1. The number of ketones is 1. The molecule has 0 aromatic heterocycles. The lowest BCUT2D eigenvalue weighted by Crippen LogP contribution is -2.39. The Bertz CT molecular complexity index is 1220. The number of carbonyl (C=O) groups is 2. The van der Waals surface area contributed by atoms with Gasteiger partial charge in [-0.3, -0.25) is 19.7 Å². The van der Waals surface area contributed by atoms with Crippen LogP contribution in [0, 0.1) is 10.1 Å². The number of ether oxygens (including phenoxy) is 1. The van der Waals surface area contributed by atoms with Gasteiger partial charge < -0.3 is 14.5 Å². The molecule has 2 aromatic rings. The summed E-state index contributed by atoms with van der Waals surface area (Å²) in [5, 5.41) is 11.3. The summed E-state index contributed by atoms with van der Waals surface area (Å²) in [6.45, 7) is 3.03. The van der Waals surface area contributed by atoms with Gasteiger partial charge >= 0.3 is 5.97 Å². The molecule has 2 unspecified atom stereocenters. The minimum absolute atomic E-state index is 0.0555. The van der Waals surface area contributed by atoms with Crippen molar-refractivity contribution in [3.8, 4) is 0 Å². The van der Waals surface area contributed by atoms with Gasteiger partial charge in [0.2, 0.25) is 0 Å². The number of Topliss-reactive ketones (excluding diaryl/α,β-unsaturated/α-hetero) is 1. The van der Waals surface area contributed by atoms with E-state index >= 15 is 0 Å². The largest absolute Gasteiger partial charge is 0.468 e. The van der Waals surface area contributed by atoms with Crippen molar-refractivity contribution < 1.29 is 19.2 Å². The number of likely N-dealkylation sites (tertiary alicyclic amines) is 2. The molecule has 0 bridgehead atoms. The van der Waals surface area contributed by atoms with E-state index in [1.54, 1.807) is 12.1 Å². The second kappa shape index (κ2) is 10.3. The van der Waals surface area contributed by atoms with Crippen molar-refractivity contribution in [3.63, 3.8) is 0 Å². The zero-order valence-electron chi connectivity index (χ0n) is 20.6. The maximum Gasteiger partial charge on any atom is 0.317 e. The lowest BCUT2D eigenvalue weighted by atomic mass is 9.78. The molecule has 5 rings (SSSR count). The molecule has 1 aliphatic carbocycles. The molecule has 2 saturated heterocycles. The summed E-state index contributed by atoms with van der Waals surface area (Å²) in [6.07, 6.45) is 2.11. The minimum atomic E-state index is -0.966. The van der Waals surface area contributed by atoms with Crippen LogP contribution in [-0.4, -0.2) is 73.9 Å². The fourth-order valence-electron chi connectivity index (χ4n) is 5.87. The number of fused-ring (bicyclic) bond motifs is 2. The van der Waals surface area contributed by atoms with Crippen LogP contribution in [0.2, 0.25) is 0 Å². The zero-order valence-corrected chi connectivity index (χ0v) is 23.7. The van der Waals surface area contributed by atoms with Crippen LogP contribution in [0.4, 0.5) is 5.69 Å². The first kappa shape index (κ1) is 26.9. The number of halogens is 2. The molecule has 8 nitrogen and oxygen atoms in total. The molecule has 1 spiro atoms. The Labute approximate surface area is 227 Å². The molecule has 36 heavy (non-hydrogen) atoms. The van der Waals surface area contributed by atoms with Crippen molar-refractivity contribution in [2.75, 3.05) is 47.4 Å². The van der Waals surface area contributed by atoms with Gasteiger partial charge in [0.1, 0.15) is 11.2 Å². The van der Waals surface area contributed by atoms with E-state index in [0.717, 1.165) is 24.0 Å². The highest BCUT2D eigenvalue weighted by Gasteiger charge is 2.50. The zero-order chi connectivity index (χ0) is 26.3. The average molecular weight is 623 g/mol. The van der Waals surface area contributed by atoms with E-state index in [9.17, 15) is 19.7 Å². The summed E-state index contributed by atoms with van der Waals surface area (Å²) in [7, 11) is 5.29. The second-order valence-corrected chi connectivity index (χ2v) is 11.8. The topological polar surface area (TPSA) is 93.0 Å². The standard InChI is InChI=1S/C13H15BrN2O4.C13H14BrNO/c1-15-6-5-13(8-15,12(17)20-2)10-4-3-9(14)7-11(10)16(18)19;1-15-5-4-13(8-15)11-3-2-10(14)6-9(11)7-12(13)16/h3-4,7H,5-6,8H2,1-2H3;2-3,6H,4-5,7-8H2,1H3. The van der Waals surface area contributed by atoms with Gasteiger partial charge in [-0.1, -0.05) is 37.9 Å². The van der Waals surface area contributed by atoms with Crippen molar-refractivity contribution >= 4 is 49.3 Å². The molecular weight excluding hydrogens is 594 g/mol. The molecule has 2 aromatic carbocycles. The third-order valence-electron chi connectivity index (χ3n) is 7.64. The Morgan fingerprint density at radius 1 is 1.00 bits per heavy atom. The van der Waals surface area contributed by atoms with Gasteiger partial charge in [0.05, 0.1) is 17.4 Å². The summed E-state index contributed by atoms with van der Waals surface area (Å²) in [5.41, 5.74) is 1.69. The molecule has 2 aliphatic heterocycles. The van der Waals surface area contributed by atoms with Crippen LogP contribution in [0.5, 0.6) is 0 Å². The first-order chi connectivity index (χ1) is 17.0. The number of carbonyl (C=O) groups excluding carboxylic acids is 2. The number of nitrogens with zero attached hydrogens (tertiary/aromatic N) is 3. The van der Waals surface area contributed by atoms with Crippen LogP contribution in [-0.2, 0) is 31.6 Å². The van der Waals surface area contributed by atoms with E-state index in [1.807, 2.05) is 11.9 Å². The highest BCUT2D eigenvalue weighted by molar-refractivity contribution is 9.10. The van der Waals surface area contributed by atoms with Gasteiger partial charge in [-0.25, -0.2) is 0 Å². The van der Waals surface area contributed by atoms with Crippen LogP contribution in [0.25, 0.3) is 0 Å². The average Bonchev–Trinajstić information content (AvgIpc) is 3.50. The monoisotopic (exact) mass is 621 g/mol. The number of likely N-dealkylation sites (N-methyl/N-ethyl adjacent to an activating group) is 2. The van der Waals surface area contributed by atoms with Crippen LogP contribution in [0.15, 0.2) is 45.3 Å². The van der Waals surface area contributed by atoms with Gasteiger partial charge in [-0.05, 0) is 75.4 Å².